The van der Waals surface area contributed by atoms with Crippen LogP contribution in [0.4, 0.5) is 5.69 Å². The van der Waals surface area contributed by atoms with Gasteiger partial charge in [0.1, 0.15) is 12.6 Å². The summed E-state index contributed by atoms with van der Waals surface area (Å²) < 4.78 is 29.7. The molecule has 5 rings (SSSR count). The van der Waals surface area contributed by atoms with E-state index in [1.54, 1.807) is 29.2 Å². The summed E-state index contributed by atoms with van der Waals surface area (Å²) in [6.45, 7) is 5.46. The first-order chi connectivity index (χ1) is 22.1. The Morgan fingerprint density at radius 2 is 1.43 bits per heavy atom. The molecule has 1 N–H and O–H groups in total. The standard InChI is InChI=1S/C38H43N3O4S/c1-28-22-23-35(30(3)24-28)41(46(44,45)34-20-8-5-9-21-34)27-37(42)40(26-32-17-11-10-14-29(32)2)36(25-31-15-6-4-7-16-31)38(43)39-33-18-12-13-19-33/h4-11,14-17,20-24,33,36H,12-13,18-19,25-27H2,1-3H3,(H,39,43). The first-order valence-corrected chi connectivity index (χ1v) is 17.4. The Hall–Kier alpha value is -4.43. The van der Waals surface area contributed by atoms with Gasteiger partial charge in [0, 0.05) is 19.0 Å². The van der Waals surface area contributed by atoms with Gasteiger partial charge >= 0.3 is 0 Å². The molecular weight excluding hydrogens is 595 g/mol. The number of carbonyl (C=O) groups excluding carboxylic acids is 2. The fourth-order valence-corrected chi connectivity index (χ4v) is 7.71. The Bertz CT molecular complexity index is 1750. The van der Waals surface area contributed by atoms with E-state index in [0.29, 0.717) is 12.1 Å². The fraction of sp³-hybridized carbons (Fsp3) is 0.316. The number of rotatable bonds is 12. The van der Waals surface area contributed by atoms with Gasteiger partial charge in [0.25, 0.3) is 10.0 Å². The van der Waals surface area contributed by atoms with Gasteiger partial charge in [0.15, 0.2) is 0 Å². The lowest BCUT2D eigenvalue weighted by molar-refractivity contribution is -0.140. The van der Waals surface area contributed by atoms with E-state index in [9.17, 15) is 18.0 Å². The third kappa shape index (κ3) is 7.85. The zero-order chi connectivity index (χ0) is 32.7. The van der Waals surface area contributed by atoms with Crippen LogP contribution in [0.5, 0.6) is 0 Å². The molecule has 1 saturated carbocycles. The fourth-order valence-electron chi connectivity index (χ4n) is 6.21. The molecular formula is C38H43N3O4S. The van der Waals surface area contributed by atoms with Gasteiger partial charge in [-0.3, -0.25) is 13.9 Å². The van der Waals surface area contributed by atoms with E-state index < -0.39 is 28.5 Å². The molecule has 0 radical (unpaired) electrons. The number of hydrogen-bond acceptors (Lipinski definition) is 4. The van der Waals surface area contributed by atoms with Crippen molar-refractivity contribution in [3.63, 3.8) is 0 Å². The molecule has 4 aromatic rings. The molecule has 0 aliphatic heterocycles. The number of sulfonamides is 1. The molecule has 1 unspecified atom stereocenters. The average Bonchev–Trinajstić information content (AvgIpc) is 3.56. The van der Waals surface area contributed by atoms with Crippen molar-refractivity contribution in [2.24, 2.45) is 0 Å². The van der Waals surface area contributed by atoms with Crippen molar-refractivity contribution in [3.05, 3.63) is 131 Å². The maximum Gasteiger partial charge on any atom is 0.264 e. The summed E-state index contributed by atoms with van der Waals surface area (Å²) in [4.78, 5) is 30.5. The molecule has 1 atom stereocenters. The van der Waals surface area contributed by atoms with Crippen LogP contribution in [0, 0.1) is 20.8 Å². The highest BCUT2D eigenvalue weighted by atomic mass is 32.2. The Labute approximate surface area is 273 Å². The molecule has 0 saturated heterocycles. The van der Waals surface area contributed by atoms with Gasteiger partial charge in [0.05, 0.1) is 10.6 Å². The number of carbonyl (C=O) groups is 2. The third-order valence-electron chi connectivity index (χ3n) is 8.81. The summed E-state index contributed by atoms with van der Waals surface area (Å²) in [5, 5.41) is 3.23. The van der Waals surface area contributed by atoms with Crippen LogP contribution in [0.25, 0.3) is 0 Å². The maximum atomic E-state index is 14.7. The van der Waals surface area contributed by atoms with Gasteiger partial charge in [-0.2, -0.15) is 0 Å². The molecule has 0 heterocycles. The number of hydrogen-bond donors (Lipinski definition) is 1. The molecule has 240 valence electrons. The highest BCUT2D eigenvalue weighted by Crippen LogP contribution is 2.29. The van der Waals surface area contributed by atoms with Gasteiger partial charge in [-0.25, -0.2) is 8.42 Å². The average molecular weight is 638 g/mol. The highest BCUT2D eigenvalue weighted by Gasteiger charge is 2.36. The van der Waals surface area contributed by atoms with Crippen molar-refractivity contribution in [3.8, 4) is 0 Å². The van der Waals surface area contributed by atoms with E-state index in [1.807, 2.05) is 87.5 Å². The van der Waals surface area contributed by atoms with Crippen molar-refractivity contribution in [1.82, 2.24) is 10.2 Å². The first kappa shape index (κ1) is 32.9. The van der Waals surface area contributed by atoms with Crippen LogP contribution < -0.4 is 9.62 Å². The number of nitrogens with one attached hydrogen (secondary N) is 1. The van der Waals surface area contributed by atoms with Crippen LogP contribution >= 0.6 is 0 Å². The zero-order valence-electron chi connectivity index (χ0n) is 26.9. The SMILES string of the molecule is Cc1ccc(N(CC(=O)N(Cc2ccccc2C)C(Cc2ccccc2)C(=O)NC2CCCC2)S(=O)(=O)c2ccccc2)c(C)c1. The Kier molecular flexibility index (Phi) is 10.6. The van der Waals surface area contributed by atoms with Crippen molar-refractivity contribution >= 4 is 27.5 Å². The molecule has 2 amide bonds. The van der Waals surface area contributed by atoms with Crippen molar-refractivity contribution in [1.29, 1.82) is 0 Å². The van der Waals surface area contributed by atoms with E-state index in [4.69, 9.17) is 0 Å². The molecule has 4 aromatic carbocycles. The molecule has 1 fully saturated rings. The molecule has 1 aliphatic carbocycles. The number of amides is 2. The lowest BCUT2D eigenvalue weighted by atomic mass is 10.0. The topological polar surface area (TPSA) is 86.8 Å². The van der Waals surface area contributed by atoms with Crippen molar-refractivity contribution < 1.29 is 18.0 Å². The number of nitrogens with zero attached hydrogens (tertiary/aromatic N) is 2. The predicted octanol–water partition coefficient (Wildman–Crippen LogP) is 6.51. The third-order valence-corrected chi connectivity index (χ3v) is 10.6. The second kappa shape index (κ2) is 14.8. The van der Waals surface area contributed by atoms with Crippen LogP contribution in [0.1, 0.15) is 53.5 Å². The number of aryl methyl sites for hydroxylation is 3. The van der Waals surface area contributed by atoms with Crippen LogP contribution in [-0.2, 0) is 32.6 Å². The molecule has 1 aliphatic rings. The number of benzene rings is 4. The molecule has 0 aromatic heterocycles. The van der Waals surface area contributed by atoms with Gasteiger partial charge < -0.3 is 10.2 Å². The molecule has 0 spiro atoms. The van der Waals surface area contributed by atoms with Gasteiger partial charge in [0.2, 0.25) is 11.8 Å². The Balaban J connectivity index is 1.59. The van der Waals surface area contributed by atoms with Crippen molar-refractivity contribution in [2.45, 2.75) is 76.4 Å². The van der Waals surface area contributed by atoms with E-state index >= 15 is 0 Å². The monoisotopic (exact) mass is 637 g/mol. The van der Waals surface area contributed by atoms with Gasteiger partial charge in [-0.05, 0) is 74.1 Å². The molecule has 8 heteroatoms. The summed E-state index contributed by atoms with van der Waals surface area (Å²) in [6, 6.07) is 30.3. The van der Waals surface area contributed by atoms with E-state index in [-0.39, 0.29) is 23.4 Å². The minimum Gasteiger partial charge on any atom is -0.352 e. The first-order valence-electron chi connectivity index (χ1n) is 16.0. The van der Waals surface area contributed by atoms with E-state index in [2.05, 4.69) is 5.32 Å². The molecule has 0 bridgehead atoms. The zero-order valence-corrected chi connectivity index (χ0v) is 27.7. The quantitative estimate of drug-likeness (QED) is 0.192. The molecule has 46 heavy (non-hydrogen) atoms. The smallest absolute Gasteiger partial charge is 0.264 e. The lowest BCUT2D eigenvalue weighted by Gasteiger charge is -2.35. The molecule has 7 nitrogen and oxygen atoms in total. The second-order valence-electron chi connectivity index (χ2n) is 12.3. The lowest BCUT2D eigenvalue weighted by Crippen LogP contribution is -2.54. The van der Waals surface area contributed by atoms with E-state index in [0.717, 1.165) is 53.5 Å². The minimum absolute atomic E-state index is 0.0614. The summed E-state index contributed by atoms with van der Waals surface area (Å²) in [7, 11) is -4.14. The second-order valence-corrected chi connectivity index (χ2v) is 14.1. The highest BCUT2D eigenvalue weighted by molar-refractivity contribution is 7.92. The van der Waals surface area contributed by atoms with Crippen LogP contribution in [0.3, 0.4) is 0 Å². The van der Waals surface area contributed by atoms with Crippen LogP contribution in [0.15, 0.2) is 108 Å². The Morgan fingerprint density at radius 3 is 2.09 bits per heavy atom. The van der Waals surface area contributed by atoms with Gasteiger partial charge in [-0.15, -0.1) is 0 Å². The Morgan fingerprint density at radius 1 is 0.804 bits per heavy atom. The van der Waals surface area contributed by atoms with Gasteiger partial charge in [-0.1, -0.05) is 103 Å². The van der Waals surface area contributed by atoms with Crippen LogP contribution in [0.2, 0.25) is 0 Å². The summed E-state index contributed by atoms with van der Waals surface area (Å²) in [5.41, 5.74) is 4.94. The predicted molar refractivity (Wildman–Crippen MR) is 183 cm³/mol. The summed E-state index contributed by atoms with van der Waals surface area (Å²) in [5.74, 6) is -0.674. The van der Waals surface area contributed by atoms with Crippen LogP contribution in [-0.4, -0.2) is 43.8 Å². The normalized spacial score (nSPS) is 14.1. The largest absolute Gasteiger partial charge is 0.352 e. The number of anilines is 1. The summed E-state index contributed by atoms with van der Waals surface area (Å²) >= 11 is 0. The minimum atomic E-state index is -4.14. The summed E-state index contributed by atoms with van der Waals surface area (Å²) in [6.07, 6.45) is 4.23. The maximum absolute atomic E-state index is 14.7. The van der Waals surface area contributed by atoms with Crippen molar-refractivity contribution in [2.75, 3.05) is 10.8 Å². The van der Waals surface area contributed by atoms with E-state index in [1.165, 1.54) is 16.4 Å².